The average Bonchev–Trinajstić information content (AvgIpc) is 2.41. The predicted octanol–water partition coefficient (Wildman–Crippen LogP) is 0.626. The maximum atomic E-state index is 12.3. The highest BCUT2D eigenvalue weighted by atomic mass is 16.5. The molecule has 1 saturated heterocycles. The minimum Gasteiger partial charge on any atom is -0.508 e. The minimum atomic E-state index is -1.08. The van der Waals surface area contributed by atoms with Crippen molar-refractivity contribution in [1.82, 2.24) is 4.90 Å². The first-order valence-electron chi connectivity index (χ1n) is 5.93. The van der Waals surface area contributed by atoms with E-state index >= 15 is 0 Å². The van der Waals surface area contributed by atoms with E-state index in [4.69, 9.17) is 9.84 Å². The van der Waals surface area contributed by atoms with Crippen LogP contribution >= 0.6 is 0 Å². The van der Waals surface area contributed by atoms with Crippen molar-refractivity contribution < 1.29 is 24.5 Å². The lowest BCUT2D eigenvalue weighted by molar-refractivity contribution is -0.154. The molecule has 2 N–H and O–H groups in total. The summed E-state index contributed by atoms with van der Waals surface area (Å²) in [6.07, 6.45) is -0.990. The molecule has 1 amide bonds. The van der Waals surface area contributed by atoms with Gasteiger partial charge in [0.25, 0.3) is 5.91 Å². The van der Waals surface area contributed by atoms with E-state index in [1.807, 2.05) is 0 Å². The molecule has 1 fully saturated rings. The first-order valence-corrected chi connectivity index (χ1v) is 5.93. The van der Waals surface area contributed by atoms with Crippen LogP contribution in [0.4, 0.5) is 0 Å². The number of carboxylic acids is 1. The number of amides is 1. The number of carbonyl (C=O) groups is 2. The van der Waals surface area contributed by atoms with Crippen LogP contribution in [0.15, 0.2) is 18.2 Å². The minimum absolute atomic E-state index is 0.0171. The number of hydrogen-bond acceptors (Lipinski definition) is 4. The van der Waals surface area contributed by atoms with Crippen molar-refractivity contribution in [3.63, 3.8) is 0 Å². The molecule has 1 unspecified atom stereocenters. The second-order valence-corrected chi connectivity index (χ2v) is 4.40. The number of phenolic OH excluding ortho intramolecular Hbond substituents is 1. The largest absolute Gasteiger partial charge is 0.508 e. The summed E-state index contributed by atoms with van der Waals surface area (Å²) in [6.45, 7) is 2.21. The Kier molecular flexibility index (Phi) is 3.71. The van der Waals surface area contributed by atoms with Gasteiger partial charge in [0, 0.05) is 17.7 Å². The highest BCUT2D eigenvalue weighted by Crippen LogP contribution is 2.21. The zero-order valence-electron chi connectivity index (χ0n) is 10.5. The summed E-state index contributed by atoms with van der Waals surface area (Å²) >= 11 is 0. The summed E-state index contributed by atoms with van der Waals surface area (Å²) < 4.78 is 5.07. The molecule has 6 heteroatoms. The van der Waals surface area contributed by atoms with Gasteiger partial charge in [-0.05, 0) is 19.1 Å². The van der Waals surface area contributed by atoms with E-state index in [2.05, 4.69) is 0 Å². The fraction of sp³-hybridized carbons (Fsp3) is 0.385. The van der Waals surface area contributed by atoms with E-state index in [0.717, 1.165) is 0 Å². The highest BCUT2D eigenvalue weighted by molar-refractivity contribution is 5.96. The summed E-state index contributed by atoms with van der Waals surface area (Å²) in [7, 11) is 0. The number of benzene rings is 1. The Morgan fingerprint density at radius 2 is 2.16 bits per heavy atom. The Bertz CT molecular complexity index is 514. The van der Waals surface area contributed by atoms with Crippen LogP contribution in [-0.2, 0) is 9.53 Å². The van der Waals surface area contributed by atoms with Gasteiger partial charge in [-0.15, -0.1) is 0 Å². The second kappa shape index (κ2) is 5.27. The first-order chi connectivity index (χ1) is 9.00. The third kappa shape index (κ3) is 2.68. The van der Waals surface area contributed by atoms with Gasteiger partial charge in [0.1, 0.15) is 5.75 Å². The average molecular weight is 265 g/mol. The number of ether oxygens (including phenoxy) is 1. The maximum Gasteiger partial charge on any atom is 0.334 e. The monoisotopic (exact) mass is 265 g/mol. The lowest BCUT2D eigenvalue weighted by atomic mass is 10.1. The molecule has 19 heavy (non-hydrogen) atoms. The normalized spacial score (nSPS) is 19.2. The van der Waals surface area contributed by atoms with Crippen LogP contribution in [0.3, 0.4) is 0 Å². The summed E-state index contributed by atoms with van der Waals surface area (Å²) in [5.74, 6) is -1.32. The Morgan fingerprint density at radius 1 is 1.42 bits per heavy atom. The molecule has 6 nitrogen and oxygen atoms in total. The van der Waals surface area contributed by atoms with Crippen molar-refractivity contribution in [3.8, 4) is 5.75 Å². The first kappa shape index (κ1) is 13.4. The van der Waals surface area contributed by atoms with E-state index < -0.39 is 12.1 Å². The molecular weight excluding hydrogens is 250 g/mol. The van der Waals surface area contributed by atoms with E-state index in [1.54, 1.807) is 19.1 Å². The van der Waals surface area contributed by atoms with Gasteiger partial charge in [-0.1, -0.05) is 6.07 Å². The zero-order chi connectivity index (χ0) is 14.0. The molecule has 0 aromatic heterocycles. The van der Waals surface area contributed by atoms with Crippen molar-refractivity contribution in [2.75, 3.05) is 19.7 Å². The van der Waals surface area contributed by atoms with Crippen LogP contribution in [0.25, 0.3) is 0 Å². The zero-order valence-corrected chi connectivity index (χ0v) is 10.5. The van der Waals surface area contributed by atoms with Gasteiger partial charge in [0.05, 0.1) is 13.2 Å². The molecule has 102 valence electrons. The molecule has 2 rings (SSSR count). The number of morpholine rings is 1. The number of carboxylic acid groups (broad SMARTS) is 1. The Balaban J connectivity index is 2.19. The van der Waals surface area contributed by atoms with Crippen LogP contribution in [0.1, 0.15) is 15.9 Å². The van der Waals surface area contributed by atoms with Gasteiger partial charge < -0.3 is 19.8 Å². The van der Waals surface area contributed by atoms with Crippen LogP contribution in [0.2, 0.25) is 0 Å². The van der Waals surface area contributed by atoms with Gasteiger partial charge in [-0.3, -0.25) is 4.79 Å². The van der Waals surface area contributed by atoms with Crippen LogP contribution in [-0.4, -0.2) is 52.8 Å². The van der Waals surface area contributed by atoms with Crippen molar-refractivity contribution in [2.45, 2.75) is 13.0 Å². The number of hydrogen-bond donors (Lipinski definition) is 2. The number of nitrogens with zero attached hydrogens (tertiary/aromatic N) is 1. The van der Waals surface area contributed by atoms with Gasteiger partial charge in [-0.2, -0.15) is 0 Å². The fourth-order valence-electron chi connectivity index (χ4n) is 2.01. The SMILES string of the molecule is Cc1c(O)cccc1C(=O)N1CCOC(C(=O)O)C1. The smallest absolute Gasteiger partial charge is 0.334 e. The van der Waals surface area contributed by atoms with E-state index in [0.29, 0.717) is 17.7 Å². The molecule has 1 atom stereocenters. The van der Waals surface area contributed by atoms with Crippen molar-refractivity contribution >= 4 is 11.9 Å². The van der Waals surface area contributed by atoms with Gasteiger partial charge >= 0.3 is 5.97 Å². The third-order valence-corrected chi connectivity index (χ3v) is 3.16. The molecule has 1 aromatic carbocycles. The fourth-order valence-corrected chi connectivity index (χ4v) is 2.01. The molecule has 1 aromatic rings. The standard InChI is InChI=1S/C13H15NO5/c1-8-9(3-2-4-10(8)15)12(16)14-5-6-19-11(7-14)13(17)18/h2-4,11,15H,5-7H2,1H3,(H,17,18). The quantitative estimate of drug-likeness (QED) is 0.818. The highest BCUT2D eigenvalue weighted by Gasteiger charge is 2.30. The number of aromatic hydroxyl groups is 1. The van der Waals surface area contributed by atoms with E-state index in [-0.39, 0.29) is 24.8 Å². The van der Waals surface area contributed by atoms with Gasteiger partial charge in [-0.25, -0.2) is 4.79 Å². The topological polar surface area (TPSA) is 87.1 Å². The number of carbonyl (C=O) groups excluding carboxylic acids is 1. The lowest BCUT2D eigenvalue weighted by Crippen LogP contribution is -2.48. The van der Waals surface area contributed by atoms with E-state index in [1.165, 1.54) is 11.0 Å². The Morgan fingerprint density at radius 3 is 2.84 bits per heavy atom. The van der Waals surface area contributed by atoms with Crippen LogP contribution in [0.5, 0.6) is 5.75 Å². The molecule has 0 radical (unpaired) electrons. The van der Waals surface area contributed by atoms with Crippen LogP contribution < -0.4 is 0 Å². The van der Waals surface area contributed by atoms with Crippen molar-refractivity contribution in [1.29, 1.82) is 0 Å². The molecule has 0 aliphatic carbocycles. The van der Waals surface area contributed by atoms with Crippen LogP contribution in [0, 0.1) is 6.92 Å². The second-order valence-electron chi connectivity index (χ2n) is 4.40. The van der Waals surface area contributed by atoms with Gasteiger partial charge in [0.2, 0.25) is 0 Å². The third-order valence-electron chi connectivity index (χ3n) is 3.16. The van der Waals surface area contributed by atoms with Crippen molar-refractivity contribution in [3.05, 3.63) is 29.3 Å². The molecule has 1 aliphatic rings. The summed E-state index contributed by atoms with van der Waals surface area (Å²) in [5, 5.41) is 18.5. The number of rotatable bonds is 2. The molecule has 0 spiro atoms. The predicted molar refractivity (Wildman–Crippen MR) is 66.1 cm³/mol. The molecule has 0 saturated carbocycles. The van der Waals surface area contributed by atoms with Crippen molar-refractivity contribution in [2.24, 2.45) is 0 Å². The summed E-state index contributed by atoms with van der Waals surface area (Å²) in [5.41, 5.74) is 0.872. The summed E-state index contributed by atoms with van der Waals surface area (Å²) in [6, 6.07) is 4.71. The number of aliphatic carboxylic acids is 1. The molecule has 1 heterocycles. The van der Waals surface area contributed by atoms with Gasteiger partial charge in [0.15, 0.2) is 6.10 Å². The Labute approximate surface area is 110 Å². The lowest BCUT2D eigenvalue weighted by Gasteiger charge is -2.31. The summed E-state index contributed by atoms with van der Waals surface area (Å²) in [4.78, 5) is 24.6. The maximum absolute atomic E-state index is 12.3. The molecule has 0 bridgehead atoms. The number of phenols is 1. The van der Waals surface area contributed by atoms with E-state index in [9.17, 15) is 14.7 Å². The molecular formula is C13H15NO5. The Hall–Kier alpha value is -2.08. The molecule has 1 aliphatic heterocycles.